The summed E-state index contributed by atoms with van der Waals surface area (Å²) in [7, 11) is 0. The molecular formula is C10H16O4. The van der Waals surface area contributed by atoms with Crippen LogP contribution < -0.4 is 0 Å². The predicted molar refractivity (Wildman–Crippen MR) is 48.7 cm³/mol. The fourth-order valence-corrected chi connectivity index (χ4v) is 1.76. The Bertz CT molecular complexity index is 198. The minimum absolute atomic E-state index is 0.0481. The average Bonchev–Trinajstić information content (AvgIpc) is 2.63. The second-order valence-electron chi connectivity index (χ2n) is 3.78. The molecule has 2 fully saturated rings. The summed E-state index contributed by atoms with van der Waals surface area (Å²) in [6.07, 6.45) is 4.43. The lowest BCUT2D eigenvalue weighted by Gasteiger charge is -2.23. The molecule has 2 aliphatic heterocycles. The summed E-state index contributed by atoms with van der Waals surface area (Å²) in [4.78, 5) is 10.8. The molecule has 4 nitrogen and oxygen atoms in total. The highest BCUT2D eigenvalue weighted by Gasteiger charge is 2.25. The van der Waals surface area contributed by atoms with E-state index in [-0.39, 0.29) is 18.4 Å². The van der Waals surface area contributed by atoms with E-state index in [0.717, 1.165) is 32.3 Å². The molecule has 14 heavy (non-hydrogen) atoms. The molecule has 0 aliphatic carbocycles. The summed E-state index contributed by atoms with van der Waals surface area (Å²) in [6, 6.07) is 0. The van der Waals surface area contributed by atoms with E-state index in [1.807, 2.05) is 0 Å². The Labute approximate surface area is 83.5 Å². The Morgan fingerprint density at radius 2 is 2.29 bits per heavy atom. The number of ether oxygens (including phenoxy) is 3. The highest BCUT2D eigenvalue weighted by molar-refractivity contribution is 5.71. The van der Waals surface area contributed by atoms with Gasteiger partial charge < -0.3 is 14.2 Å². The van der Waals surface area contributed by atoms with E-state index < -0.39 is 0 Å². The lowest BCUT2D eigenvalue weighted by molar-refractivity contribution is -0.179. The van der Waals surface area contributed by atoms with E-state index in [4.69, 9.17) is 14.2 Å². The SMILES string of the molecule is O=C1CCC(COC2CCCCO2)O1. The van der Waals surface area contributed by atoms with Crippen molar-refractivity contribution in [2.24, 2.45) is 0 Å². The fraction of sp³-hybridized carbons (Fsp3) is 0.900. The molecule has 2 unspecified atom stereocenters. The van der Waals surface area contributed by atoms with Gasteiger partial charge in [0.15, 0.2) is 6.29 Å². The first kappa shape index (κ1) is 9.93. The predicted octanol–water partition coefficient (Wildman–Crippen LogP) is 1.24. The number of carbonyl (C=O) groups excluding carboxylic acids is 1. The zero-order valence-electron chi connectivity index (χ0n) is 8.24. The summed E-state index contributed by atoms with van der Waals surface area (Å²) < 4.78 is 16.0. The number of hydrogen-bond donors (Lipinski definition) is 0. The number of rotatable bonds is 3. The van der Waals surface area contributed by atoms with E-state index >= 15 is 0 Å². The van der Waals surface area contributed by atoms with Crippen molar-refractivity contribution in [3.05, 3.63) is 0 Å². The monoisotopic (exact) mass is 200 g/mol. The molecule has 2 saturated heterocycles. The van der Waals surface area contributed by atoms with Gasteiger partial charge in [-0.05, 0) is 25.7 Å². The van der Waals surface area contributed by atoms with Gasteiger partial charge in [-0.1, -0.05) is 0 Å². The highest BCUT2D eigenvalue weighted by Crippen LogP contribution is 2.18. The van der Waals surface area contributed by atoms with Crippen molar-refractivity contribution in [1.29, 1.82) is 0 Å². The van der Waals surface area contributed by atoms with Gasteiger partial charge in [-0.15, -0.1) is 0 Å². The Morgan fingerprint density at radius 3 is 2.93 bits per heavy atom. The third-order valence-corrected chi connectivity index (χ3v) is 2.57. The van der Waals surface area contributed by atoms with Gasteiger partial charge in [-0.3, -0.25) is 4.79 Å². The third kappa shape index (κ3) is 2.69. The van der Waals surface area contributed by atoms with Crippen LogP contribution in [0.5, 0.6) is 0 Å². The van der Waals surface area contributed by atoms with Crippen molar-refractivity contribution in [3.63, 3.8) is 0 Å². The molecule has 2 atom stereocenters. The molecule has 2 aliphatic rings. The minimum atomic E-state index is -0.108. The topological polar surface area (TPSA) is 44.8 Å². The molecule has 2 heterocycles. The molecule has 0 saturated carbocycles. The quantitative estimate of drug-likeness (QED) is 0.643. The van der Waals surface area contributed by atoms with Gasteiger partial charge in [0.25, 0.3) is 0 Å². The van der Waals surface area contributed by atoms with Gasteiger partial charge in [0, 0.05) is 13.0 Å². The van der Waals surface area contributed by atoms with Gasteiger partial charge in [-0.2, -0.15) is 0 Å². The molecule has 0 amide bonds. The number of carbonyl (C=O) groups is 1. The van der Waals surface area contributed by atoms with Crippen LogP contribution in [0.15, 0.2) is 0 Å². The fourth-order valence-electron chi connectivity index (χ4n) is 1.76. The summed E-state index contributed by atoms with van der Waals surface area (Å²) >= 11 is 0. The van der Waals surface area contributed by atoms with Crippen LogP contribution in [-0.4, -0.2) is 31.6 Å². The summed E-state index contributed by atoms with van der Waals surface area (Å²) in [5.74, 6) is -0.108. The molecule has 0 radical (unpaired) electrons. The summed E-state index contributed by atoms with van der Waals surface area (Å²) in [6.45, 7) is 1.27. The molecule has 2 rings (SSSR count). The van der Waals surface area contributed by atoms with Gasteiger partial charge in [-0.25, -0.2) is 0 Å². The zero-order chi connectivity index (χ0) is 9.80. The van der Waals surface area contributed by atoms with Crippen LogP contribution in [-0.2, 0) is 19.0 Å². The molecule has 0 spiro atoms. The summed E-state index contributed by atoms with van der Waals surface area (Å²) in [5, 5.41) is 0. The lowest BCUT2D eigenvalue weighted by Crippen LogP contribution is -2.26. The van der Waals surface area contributed by atoms with Crippen molar-refractivity contribution in [2.75, 3.05) is 13.2 Å². The van der Waals surface area contributed by atoms with Crippen molar-refractivity contribution >= 4 is 5.97 Å². The molecule has 0 aromatic carbocycles. The molecular weight excluding hydrogens is 184 g/mol. The van der Waals surface area contributed by atoms with Crippen molar-refractivity contribution in [1.82, 2.24) is 0 Å². The van der Waals surface area contributed by atoms with Crippen LogP contribution >= 0.6 is 0 Å². The third-order valence-electron chi connectivity index (χ3n) is 2.57. The van der Waals surface area contributed by atoms with E-state index in [0.29, 0.717) is 13.0 Å². The molecule has 4 heteroatoms. The molecule has 0 aromatic rings. The lowest BCUT2D eigenvalue weighted by atomic mass is 10.2. The largest absolute Gasteiger partial charge is 0.460 e. The molecule has 0 aromatic heterocycles. The van der Waals surface area contributed by atoms with Crippen molar-refractivity contribution in [2.45, 2.75) is 44.5 Å². The van der Waals surface area contributed by atoms with E-state index in [1.165, 1.54) is 0 Å². The molecule has 0 bridgehead atoms. The standard InChI is InChI=1S/C10H16O4/c11-9-5-4-8(14-9)7-13-10-3-1-2-6-12-10/h8,10H,1-7H2. The maximum Gasteiger partial charge on any atom is 0.306 e. The first-order valence-electron chi connectivity index (χ1n) is 5.27. The Balaban J connectivity index is 1.63. The van der Waals surface area contributed by atoms with E-state index in [1.54, 1.807) is 0 Å². The zero-order valence-corrected chi connectivity index (χ0v) is 8.24. The maximum atomic E-state index is 10.8. The molecule has 80 valence electrons. The second kappa shape index (κ2) is 4.75. The van der Waals surface area contributed by atoms with Gasteiger partial charge in [0.05, 0.1) is 6.61 Å². The van der Waals surface area contributed by atoms with Gasteiger partial charge in [0.2, 0.25) is 0 Å². The summed E-state index contributed by atoms with van der Waals surface area (Å²) in [5.41, 5.74) is 0. The van der Waals surface area contributed by atoms with Crippen LogP contribution in [0.3, 0.4) is 0 Å². The van der Waals surface area contributed by atoms with Crippen LogP contribution in [0.4, 0.5) is 0 Å². The smallest absolute Gasteiger partial charge is 0.306 e. The number of cyclic esters (lactones) is 1. The maximum absolute atomic E-state index is 10.8. The van der Waals surface area contributed by atoms with Crippen LogP contribution in [0.25, 0.3) is 0 Å². The van der Waals surface area contributed by atoms with Crippen LogP contribution in [0.2, 0.25) is 0 Å². The Morgan fingerprint density at radius 1 is 1.36 bits per heavy atom. The Kier molecular flexibility index (Phi) is 3.37. The second-order valence-corrected chi connectivity index (χ2v) is 3.78. The average molecular weight is 200 g/mol. The normalized spacial score (nSPS) is 33.0. The van der Waals surface area contributed by atoms with Crippen molar-refractivity contribution < 1.29 is 19.0 Å². The van der Waals surface area contributed by atoms with Gasteiger partial charge in [0.1, 0.15) is 6.10 Å². The first-order valence-corrected chi connectivity index (χ1v) is 5.27. The van der Waals surface area contributed by atoms with E-state index in [9.17, 15) is 4.79 Å². The highest BCUT2D eigenvalue weighted by atomic mass is 16.7. The van der Waals surface area contributed by atoms with Crippen molar-refractivity contribution in [3.8, 4) is 0 Å². The molecule has 0 N–H and O–H groups in total. The van der Waals surface area contributed by atoms with Crippen LogP contribution in [0.1, 0.15) is 32.1 Å². The van der Waals surface area contributed by atoms with Crippen LogP contribution in [0, 0.1) is 0 Å². The van der Waals surface area contributed by atoms with E-state index in [2.05, 4.69) is 0 Å². The number of esters is 1. The van der Waals surface area contributed by atoms with Gasteiger partial charge >= 0.3 is 5.97 Å². The number of hydrogen-bond acceptors (Lipinski definition) is 4. The minimum Gasteiger partial charge on any atom is -0.460 e. The first-order chi connectivity index (χ1) is 6.84. The Hall–Kier alpha value is -0.610.